The number of carbonyl (C=O) groups is 1. The average molecular weight is 196 g/mol. The molecule has 1 rings (SSSR count). The lowest BCUT2D eigenvalue weighted by Gasteiger charge is -2.12. The summed E-state index contributed by atoms with van der Waals surface area (Å²) in [5.74, 6) is -0.949. The van der Waals surface area contributed by atoms with E-state index in [1.54, 1.807) is 13.0 Å². The van der Waals surface area contributed by atoms with Gasteiger partial charge >= 0.3 is 5.97 Å². The van der Waals surface area contributed by atoms with Crippen LogP contribution in [0.1, 0.15) is 17.3 Å². The highest BCUT2D eigenvalue weighted by Crippen LogP contribution is 2.15. The third kappa shape index (κ3) is 2.43. The van der Waals surface area contributed by atoms with Crippen LogP contribution in [0.2, 0.25) is 0 Å². The van der Waals surface area contributed by atoms with Gasteiger partial charge in [-0.1, -0.05) is 0 Å². The first kappa shape index (κ1) is 10.5. The lowest BCUT2D eigenvalue weighted by molar-refractivity contribution is 0.0688. The maximum Gasteiger partial charge on any atom is 0.341 e. The molecule has 0 radical (unpaired) electrons. The molecule has 0 aliphatic heterocycles. The Bertz CT molecular complexity index is 328. The second kappa shape index (κ2) is 4.57. The van der Waals surface area contributed by atoms with Crippen molar-refractivity contribution in [1.29, 1.82) is 0 Å². The van der Waals surface area contributed by atoms with Crippen LogP contribution in [-0.4, -0.2) is 28.7 Å². The van der Waals surface area contributed by atoms with Gasteiger partial charge in [0.05, 0.1) is 0 Å². The smallest absolute Gasteiger partial charge is 0.341 e. The van der Waals surface area contributed by atoms with E-state index in [4.69, 9.17) is 15.6 Å². The fourth-order valence-electron chi connectivity index (χ4n) is 0.886. The minimum absolute atomic E-state index is 0.0489. The molecule has 1 unspecified atom stereocenters. The van der Waals surface area contributed by atoms with E-state index in [0.717, 1.165) is 0 Å². The van der Waals surface area contributed by atoms with Crippen molar-refractivity contribution in [3.05, 3.63) is 23.9 Å². The highest BCUT2D eigenvalue weighted by atomic mass is 16.5. The van der Waals surface area contributed by atoms with E-state index in [1.807, 2.05) is 0 Å². The highest BCUT2D eigenvalue weighted by Gasteiger charge is 2.13. The minimum atomic E-state index is -1.06. The van der Waals surface area contributed by atoms with E-state index in [1.165, 1.54) is 12.3 Å². The minimum Gasteiger partial charge on any atom is -0.477 e. The first-order valence-corrected chi connectivity index (χ1v) is 4.20. The maximum atomic E-state index is 10.7. The molecule has 1 aromatic heterocycles. The Morgan fingerprint density at radius 2 is 2.50 bits per heavy atom. The number of hydrogen-bond donors (Lipinski definition) is 2. The Hall–Kier alpha value is -1.62. The SMILES string of the molecule is CC(CN)Oc1ncccc1C(=O)O. The maximum absolute atomic E-state index is 10.7. The monoisotopic (exact) mass is 196 g/mol. The van der Waals surface area contributed by atoms with Crippen LogP contribution < -0.4 is 10.5 Å². The zero-order chi connectivity index (χ0) is 10.6. The van der Waals surface area contributed by atoms with Crippen LogP contribution >= 0.6 is 0 Å². The molecule has 0 spiro atoms. The summed E-state index contributed by atoms with van der Waals surface area (Å²) in [7, 11) is 0. The van der Waals surface area contributed by atoms with E-state index in [-0.39, 0.29) is 17.5 Å². The fourth-order valence-corrected chi connectivity index (χ4v) is 0.886. The first-order valence-electron chi connectivity index (χ1n) is 4.20. The largest absolute Gasteiger partial charge is 0.477 e. The van der Waals surface area contributed by atoms with Gasteiger partial charge in [0.1, 0.15) is 11.7 Å². The van der Waals surface area contributed by atoms with Gasteiger partial charge < -0.3 is 15.6 Å². The lowest BCUT2D eigenvalue weighted by Crippen LogP contribution is -2.24. The summed E-state index contributed by atoms with van der Waals surface area (Å²) in [5, 5.41) is 8.80. The number of ether oxygens (including phenoxy) is 1. The number of pyridine rings is 1. The standard InChI is InChI=1S/C9H12N2O3/c1-6(5-10)14-8-7(9(12)13)3-2-4-11-8/h2-4,6H,5,10H2,1H3,(H,12,13). The van der Waals surface area contributed by atoms with Gasteiger partial charge in [0, 0.05) is 12.7 Å². The van der Waals surface area contributed by atoms with Gasteiger partial charge in [-0.3, -0.25) is 0 Å². The summed E-state index contributed by atoms with van der Waals surface area (Å²) in [4.78, 5) is 14.6. The predicted octanol–water partition coefficient (Wildman–Crippen LogP) is 0.506. The number of hydrogen-bond acceptors (Lipinski definition) is 4. The van der Waals surface area contributed by atoms with Crippen molar-refractivity contribution in [2.45, 2.75) is 13.0 Å². The molecule has 0 saturated carbocycles. The first-order chi connectivity index (χ1) is 6.65. The van der Waals surface area contributed by atoms with Crippen LogP contribution in [0.4, 0.5) is 0 Å². The van der Waals surface area contributed by atoms with Crippen LogP contribution in [0.5, 0.6) is 5.88 Å². The molecule has 76 valence electrons. The molecule has 5 nitrogen and oxygen atoms in total. The molecular weight excluding hydrogens is 184 g/mol. The number of rotatable bonds is 4. The molecule has 0 amide bonds. The predicted molar refractivity (Wildman–Crippen MR) is 50.3 cm³/mol. The number of carboxylic acids is 1. The Balaban J connectivity index is 2.90. The van der Waals surface area contributed by atoms with E-state index in [0.29, 0.717) is 6.54 Å². The van der Waals surface area contributed by atoms with Crippen molar-refractivity contribution in [1.82, 2.24) is 4.98 Å². The lowest BCUT2D eigenvalue weighted by atomic mass is 10.3. The van der Waals surface area contributed by atoms with Crippen LogP contribution in [-0.2, 0) is 0 Å². The Morgan fingerprint density at radius 1 is 1.79 bits per heavy atom. The normalized spacial score (nSPS) is 12.1. The van der Waals surface area contributed by atoms with Crippen LogP contribution in [0.15, 0.2) is 18.3 Å². The average Bonchev–Trinajstić information content (AvgIpc) is 2.18. The quantitative estimate of drug-likeness (QED) is 0.732. The molecule has 0 aliphatic rings. The second-order valence-electron chi connectivity index (χ2n) is 2.83. The zero-order valence-electron chi connectivity index (χ0n) is 7.80. The van der Waals surface area contributed by atoms with Gasteiger partial charge in [-0.2, -0.15) is 0 Å². The van der Waals surface area contributed by atoms with Crippen molar-refractivity contribution in [2.75, 3.05) is 6.54 Å². The summed E-state index contributed by atoms with van der Waals surface area (Å²) in [6.45, 7) is 2.07. The van der Waals surface area contributed by atoms with E-state index in [9.17, 15) is 4.79 Å². The van der Waals surface area contributed by atoms with E-state index in [2.05, 4.69) is 4.98 Å². The molecule has 0 fully saturated rings. The number of aromatic carboxylic acids is 1. The number of nitrogens with zero attached hydrogens (tertiary/aromatic N) is 1. The van der Waals surface area contributed by atoms with Crippen molar-refractivity contribution in [2.24, 2.45) is 5.73 Å². The van der Waals surface area contributed by atoms with Crippen molar-refractivity contribution in [3.8, 4) is 5.88 Å². The second-order valence-corrected chi connectivity index (χ2v) is 2.83. The molecule has 0 aliphatic carbocycles. The zero-order valence-corrected chi connectivity index (χ0v) is 7.80. The molecule has 1 atom stereocenters. The van der Waals surface area contributed by atoms with Gasteiger partial charge in [0.25, 0.3) is 0 Å². The number of carboxylic acid groups (broad SMARTS) is 1. The summed E-state index contributed by atoms with van der Waals surface area (Å²) in [6, 6.07) is 2.98. The van der Waals surface area contributed by atoms with Crippen LogP contribution in [0, 0.1) is 0 Å². The highest BCUT2D eigenvalue weighted by molar-refractivity contribution is 5.90. The number of nitrogens with two attached hydrogens (primary N) is 1. The third-order valence-electron chi connectivity index (χ3n) is 1.65. The third-order valence-corrected chi connectivity index (χ3v) is 1.65. The molecule has 3 N–H and O–H groups in total. The van der Waals surface area contributed by atoms with Crippen molar-refractivity contribution >= 4 is 5.97 Å². The topological polar surface area (TPSA) is 85.4 Å². The molecule has 5 heteroatoms. The van der Waals surface area contributed by atoms with Crippen molar-refractivity contribution in [3.63, 3.8) is 0 Å². The summed E-state index contributed by atoms with van der Waals surface area (Å²) in [5.41, 5.74) is 5.39. The van der Waals surface area contributed by atoms with E-state index >= 15 is 0 Å². The van der Waals surface area contributed by atoms with E-state index < -0.39 is 5.97 Å². The van der Waals surface area contributed by atoms with Crippen molar-refractivity contribution < 1.29 is 14.6 Å². The molecular formula is C9H12N2O3. The molecule has 14 heavy (non-hydrogen) atoms. The van der Waals surface area contributed by atoms with Crippen LogP contribution in [0.3, 0.4) is 0 Å². The summed E-state index contributed by atoms with van der Waals surface area (Å²) >= 11 is 0. The fraction of sp³-hybridized carbons (Fsp3) is 0.333. The van der Waals surface area contributed by atoms with Crippen LogP contribution in [0.25, 0.3) is 0 Å². The Kier molecular flexibility index (Phi) is 3.41. The van der Waals surface area contributed by atoms with Gasteiger partial charge in [-0.25, -0.2) is 9.78 Å². The van der Waals surface area contributed by atoms with Gasteiger partial charge in [-0.05, 0) is 19.1 Å². The Morgan fingerprint density at radius 3 is 3.07 bits per heavy atom. The molecule has 0 bridgehead atoms. The summed E-state index contributed by atoms with van der Waals surface area (Å²) < 4.78 is 5.24. The van der Waals surface area contributed by atoms with Gasteiger partial charge in [0.2, 0.25) is 5.88 Å². The van der Waals surface area contributed by atoms with Gasteiger partial charge in [-0.15, -0.1) is 0 Å². The molecule has 1 heterocycles. The van der Waals surface area contributed by atoms with Gasteiger partial charge in [0.15, 0.2) is 0 Å². The summed E-state index contributed by atoms with van der Waals surface area (Å²) in [6.07, 6.45) is 1.23. The molecule has 0 saturated heterocycles. The Labute approximate surface area is 81.5 Å². The number of aromatic nitrogens is 1. The molecule has 0 aromatic carbocycles. The molecule has 1 aromatic rings.